The molecule has 0 saturated heterocycles. The number of hydrogen-bond donors (Lipinski definition) is 1. The number of amides is 1. The first-order chi connectivity index (χ1) is 9.11. The second-order valence-corrected chi connectivity index (χ2v) is 5.07. The highest BCUT2D eigenvalue weighted by molar-refractivity contribution is 7.07. The van der Waals surface area contributed by atoms with Crippen LogP contribution in [0.3, 0.4) is 0 Å². The van der Waals surface area contributed by atoms with Crippen LogP contribution in [-0.2, 0) is 6.54 Å². The van der Waals surface area contributed by atoms with E-state index in [1.54, 1.807) is 30.6 Å². The predicted octanol–water partition coefficient (Wildman–Crippen LogP) is 2.51. The zero-order valence-electron chi connectivity index (χ0n) is 10.6. The summed E-state index contributed by atoms with van der Waals surface area (Å²) in [4.78, 5) is 22.0. The van der Waals surface area contributed by atoms with Crippen LogP contribution >= 0.6 is 22.9 Å². The Labute approximate surface area is 120 Å². The van der Waals surface area contributed by atoms with Gasteiger partial charge >= 0.3 is 0 Å². The molecule has 0 saturated carbocycles. The molecule has 1 amide bonds. The Morgan fingerprint density at radius 2 is 2.32 bits per heavy atom. The van der Waals surface area contributed by atoms with E-state index in [1.165, 1.54) is 17.5 Å². The van der Waals surface area contributed by atoms with Gasteiger partial charge in [0.15, 0.2) is 0 Å². The van der Waals surface area contributed by atoms with Crippen molar-refractivity contribution in [2.24, 2.45) is 0 Å². The quantitative estimate of drug-likeness (QED) is 0.942. The maximum Gasteiger partial charge on any atom is 0.255 e. The van der Waals surface area contributed by atoms with Crippen molar-refractivity contribution in [3.8, 4) is 0 Å². The molecular formula is C12H13ClN4OS. The van der Waals surface area contributed by atoms with Gasteiger partial charge in [-0.15, -0.1) is 11.3 Å². The minimum Gasteiger partial charge on any atom is -0.372 e. The Morgan fingerprint density at radius 1 is 1.53 bits per heavy atom. The van der Waals surface area contributed by atoms with Crippen molar-refractivity contribution in [3.05, 3.63) is 39.4 Å². The lowest BCUT2D eigenvalue weighted by atomic mass is 10.2. The number of carbonyl (C=O) groups excluding carboxylic acids is 1. The molecule has 2 heterocycles. The summed E-state index contributed by atoms with van der Waals surface area (Å²) in [5.41, 5.74) is 3.07. The van der Waals surface area contributed by atoms with Crippen LogP contribution in [0.1, 0.15) is 16.1 Å². The van der Waals surface area contributed by atoms with Crippen LogP contribution in [0, 0.1) is 0 Å². The Morgan fingerprint density at radius 3 is 2.89 bits per heavy atom. The summed E-state index contributed by atoms with van der Waals surface area (Å²) in [6.07, 6.45) is 1.51. The van der Waals surface area contributed by atoms with Crippen LogP contribution in [0.25, 0.3) is 0 Å². The number of anilines is 1. The molecule has 0 fully saturated rings. The van der Waals surface area contributed by atoms with Gasteiger partial charge in [0.05, 0.1) is 28.3 Å². The van der Waals surface area contributed by atoms with Crippen LogP contribution in [-0.4, -0.2) is 34.9 Å². The molecule has 0 aliphatic heterocycles. The molecule has 100 valence electrons. The fourth-order valence-corrected chi connectivity index (χ4v) is 2.40. The minimum absolute atomic E-state index is 0.134. The van der Waals surface area contributed by atoms with Crippen LogP contribution in [0.4, 0.5) is 5.82 Å². The molecule has 7 heteroatoms. The summed E-state index contributed by atoms with van der Waals surface area (Å²) in [7, 11) is 3.45. The van der Waals surface area contributed by atoms with Crippen LogP contribution in [0.2, 0.25) is 5.02 Å². The third-order valence-electron chi connectivity index (χ3n) is 2.55. The molecule has 0 atom stereocenters. The van der Waals surface area contributed by atoms with Crippen molar-refractivity contribution in [2.45, 2.75) is 6.54 Å². The molecule has 0 aromatic carbocycles. The normalized spacial score (nSPS) is 10.3. The summed E-state index contributed by atoms with van der Waals surface area (Å²) >= 11 is 7.52. The molecular weight excluding hydrogens is 284 g/mol. The van der Waals surface area contributed by atoms with Crippen molar-refractivity contribution >= 4 is 34.7 Å². The van der Waals surface area contributed by atoms with Gasteiger partial charge in [0.2, 0.25) is 0 Å². The van der Waals surface area contributed by atoms with Crippen molar-refractivity contribution in [1.29, 1.82) is 0 Å². The molecule has 0 unspecified atom stereocenters. The SMILES string of the molecule is CNc1ncc(C(=O)N(C)Cc2cscn2)cc1Cl. The fraction of sp³-hybridized carbons (Fsp3) is 0.250. The molecule has 0 bridgehead atoms. The van der Waals surface area contributed by atoms with E-state index in [1.807, 2.05) is 5.38 Å². The van der Waals surface area contributed by atoms with E-state index < -0.39 is 0 Å². The fourth-order valence-electron chi connectivity index (χ4n) is 1.59. The average Bonchev–Trinajstić information content (AvgIpc) is 2.90. The molecule has 1 N–H and O–H groups in total. The molecule has 0 radical (unpaired) electrons. The van der Waals surface area contributed by atoms with Gasteiger partial charge in [0.1, 0.15) is 5.82 Å². The second-order valence-electron chi connectivity index (χ2n) is 3.95. The smallest absolute Gasteiger partial charge is 0.255 e. The molecule has 2 aromatic rings. The number of rotatable bonds is 4. The first kappa shape index (κ1) is 13.8. The number of nitrogens with one attached hydrogen (secondary N) is 1. The second kappa shape index (κ2) is 5.99. The monoisotopic (exact) mass is 296 g/mol. The highest BCUT2D eigenvalue weighted by Gasteiger charge is 2.14. The van der Waals surface area contributed by atoms with Crippen LogP contribution < -0.4 is 5.32 Å². The molecule has 19 heavy (non-hydrogen) atoms. The lowest BCUT2D eigenvalue weighted by Gasteiger charge is -2.16. The van der Waals surface area contributed by atoms with Crippen molar-refractivity contribution in [1.82, 2.24) is 14.9 Å². The van der Waals surface area contributed by atoms with E-state index in [0.29, 0.717) is 22.9 Å². The highest BCUT2D eigenvalue weighted by atomic mass is 35.5. The lowest BCUT2D eigenvalue weighted by molar-refractivity contribution is 0.0783. The maximum absolute atomic E-state index is 12.2. The number of carbonyl (C=O) groups is 1. The van der Waals surface area contributed by atoms with Crippen LogP contribution in [0.5, 0.6) is 0 Å². The molecule has 0 spiro atoms. The van der Waals surface area contributed by atoms with Crippen molar-refractivity contribution < 1.29 is 4.79 Å². The summed E-state index contributed by atoms with van der Waals surface area (Å²) in [6.45, 7) is 0.466. The number of halogens is 1. The average molecular weight is 297 g/mol. The van der Waals surface area contributed by atoms with Gasteiger partial charge in [-0.2, -0.15) is 0 Å². The van der Waals surface area contributed by atoms with E-state index >= 15 is 0 Å². The van der Waals surface area contributed by atoms with Crippen LogP contribution in [0.15, 0.2) is 23.2 Å². The van der Waals surface area contributed by atoms with Gasteiger partial charge in [-0.3, -0.25) is 4.79 Å². The largest absolute Gasteiger partial charge is 0.372 e. The number of thiazole rings is 1. The Bertz CT molecular complexity index is 573. The number of hydrogen-bond acceptors (Lipinski definition) is 5. The summed E-state index contributed by atoms with van der Waals surface area (Å²) in [5.74, 6) is 0.422. The third kappa shape index (κ3) is 3.21. The third-order valence-corrected chi connectivity index (χ3v) is 3.48. The van der Waals surface area contributed by atoms with E-state index in [2.05, 4.69) is 15.3 Å². The Hall–Kier alpha value is -1.66. The van der Waals surface area contributed by atoms with E-state index in [-0.39, 0.29) is 5.91 Å². The van der Waals surface area contributed by atoms with Crippen molar-refractivity contribution in [3.63, 3.8) is 0 Å². The van der Waals surface area contributed by atoms with Gasteiger partial charge in [-0.05, 0) is 6.07 Å². The summed E-state index contributed by atoms with van der Waals surface area (Å²) < 4.78 is 0. The van der Waals surface area contributed by atoms with E-state index in [4.69, 9.17) is 11.6 Å². The molecule has 0 aliphatic carbocycles. The van der Waals surface area contributed by atoms with Gasteiger partial charge in [0.25, 0.3) is 5.91 Å². The number of pyridine rings is 1. The molecule has 2 rings (SSSR count). The highest BCUT2D eigenvalue weighted by Crippen LogP contribution is 2.20. The van der Waals surface area contributed by atoms with E-state index in [9.17, 15) is 4.79 Å². The van der Waals surface area contributed by atoms with E-state index in [0.717, 1.165) is 5.69 Å². The Balaban J connectivity index is 2.12. The lowest BCUT2D eigenvalue weighted by Crippen LogP contribution is -2.26. The van der Waals surface area contributed by atoms with Gasteiger partial charge in [-0.1, -0.05) is 11.6 Å². The molecule has 2 aromatic heterocycles. The maximum atomic E-state index is 12.2. The standard InChI is InChI=1S/C12H13ClN4OS/c1-14-11-10(13)3-8(4-15-11)12(18)17(2)5-9-6-19-7-16-9/h3-4,6-7H,5H2,1-2H3,(H,14,15). The number of aromatic nitrogens is 2. The summed E-state index contributed by atoms with van der Waals surface area (Å²) in [5, 5.41) is 5.19. The Kier molecular flexibility index (Phi) is 4.34. The predicted molar refractivity (Wildman–Crippen MR) is 76.7 cm³/mol. The number of nitrogens with zero attached hydrogens (tertiary/aromatic N) is 3. The summed E-state index contributed by atoms with van der Waals surface area (Å²) in [6, 6.07) is 1.61. The van der Waals surface area contributed by atoms with Gasteiger partial charge < -0.3 is 10.2 Å². The first-order valence-electron chi connectivity index (χ1n) is 5.57. The zero-order valence-corrected chi connectivity index (χ0v) is 12.1. The molecule has 0 aliphatic rings. The van der Waals surface area contributed by atoms with Gasteiger partial charge in [0, 0.05) is 25.7 Å². The molecule has 5 nitrogen and oxygen atoms in total. The first-order valence-corrected chi connectivity index (χ1v) is 6.89. The van der Waals surface area contributed by atoms with Gasteiger partial charge in [-0.25, -0.2) is 9.97 Å². The topological polar surface area (TPSA) is 58.1 Å². The van der Waals surface area contributed by atoms with Crippen molar-refractivity contribution in [2.75, 3.05) is 19.4 Å². The minimum atomic E-state index is -0.134. The zero-order chi connectivity index (χ0) is 13.8.